The summed E-state index contributed by atoms with van der Waals surface area (Å²) in [6, 6.07) is 0. The number of hydrogen-bond donors (Lipinski definition) is 2. The lowest BCUT2D eigenvalue weighted by Gasteiger charge is -2.02. The number of ketones is 4. The number of nitrogens with zero attached hydrogens (tertiary/aromatic N) is 2. The Kier molecular flexibility index (Phi) is 39.3. The molecule has 1 heterocycles. The van der Waals surface area contributed by atoms with Crippen molar-refractivity contribution in [2.24, 2.45) is 0 Å². The van der Waals surface area contributed by atoms with Crippen molar-refractivity contribution >= 4 is 65.2 Å². The highest BCUT2D eigenvalue weighted by atomic mass is 35.5. The Balaban J connectivity index is -0.000000115. The molecule has 37 heavy (non-hydrogen) atoms. The smallest absolute Gasteiger partial charge is 0.217 e. The predicted molar refractivity (Wildman–Crippen MR) is 142 cm³/mol. The molecule has 214 valence electrons. The molecule has 1 rings (SSSR count). The van der Waals surface area contributed by atoms with Crippen LogP contribution in [0.1, 0.15) is 60.1 Å². The van der Waals surface area contributed by atoms with Crippen molar-refractivity contribution < 1.29 is 38.0 Å². The maximum Gasteiger partial charge on any atom is 0.217 e. The van der Waals surface area contributed by atoms with E-state index < -0.39 is 0 Å². The standard InChI is InChI=1S/C5H7NO3.C5H9NO2.C5H7NO.C3H6ClNO.C3H5ClO.C2H6/c1-5(9)2-6(3-7)4-8;1-4(7)3-6-5(2)8;1-4-3-6-5(2)7-4;1-3(6)2-5-4;1-3(5)2-4;1-2/h3-4H,2H2,1H3;3H2,1-2H3,(H,6,8);3H,1-2H3;5H,2H2,1H3;2H2,1H3;1-2H3. The number of rotatable bonds is 9. The molecule has 0 saturated heterocycles. The van der Waals surface area contributed by atoms with E-state index in [4.69, 9.17) is 27.8 Å². The Hall–Kier alpha value is -2.96. The summed E-state index contributed by atoms with van der Waals surface area (Å²) in [6.45, 7) is 15.0. The Bertz CT molecular complexity index is 748. The quantitative estimate of drug-likeness (QED) is 0.254. The molecule has 1 aromatic rings. The van der Waals surface area contributed by atoms with E-state index >= 15 is 0 Å². The van der Waals surface area contributed by atoms with Crippen LogP contribution in [0.15, 0.2) is 10.6 Å². The summed E-state index contributed by atoms with van der Waals surface area (Å²) in [7, 11) is 0. The van der Waals surface area contributed by atoms with Gasteiger partial charge in [0.15, 0.2) is 5.89 Å². The molecule has 0 aliphatic rings. The van der Waals surface area contributed by atoms with Gasteiger partial charge < -0.3 is 9.73 Å². The van der Waals surface area contributed by atoms with Crippen LogP contribution in [0.5, 0.6) is 0 Å². The topological polar surface area (TPSA) is 173 Å². The fourth-order valence-electron chi connectivity index (χ4n) is 1.17. The zero-order chi connectivity index (χ0) is 30.4. The van der Waals surface area contributed by atoms with Crippen LogP contribution in [0.4, 0.5) is 0 Å². The maximum absolute atomic E-state index is 10.2. The van der Waals surface area contributed by atoms with Gasteiger partial charge in [0.05, 0.1) is 31.7 Å². The van der Waals surface area contributed by atoms with Crippen LogP contribution in [-0.4, -0.2) is 77.3 Å². The van der Waals surface area contributed by atoms with Gasteiger partial charge in [0.1, 0.15) is 28.9 Å². The first-order valence-electron chi connectivity index (χ1n) is 10.8. The highest BCUT2D eigenvalue weighted by Gasteiger charge is 2.00. The lowest BCUT2D eigenvalue weighted by molar-refractivity contribution is -0.133. The molecule has 0 aromatic carbocycles. The van der Waals surface area contributed by atoms with Gasteiger partial charge in [0.25, 0.3) is 0 Å². The second-order valence-electron chi connectivity index (χ2n) is 6.53. The molecule has 0 aliphatic heterocycles. The van der Waals surface area contributed by atoms with Crippen LogP contribution in [0.25, 0.3) is 0 Å². The number of carbonyl (C=O) groups is 7. The van der Waals surface area contributed by atoms with Crippen molar-refractivity contribution in [3.8, 4) is 0 Å². The van der Waals surface area contributed by atoms with Gasteiger partial charge in [0.2, 0.25) is 18.7 Å². The molecule has 0 unspecified atom stereocenters. The van der Waals surface area contributed by atoms with Gasteiger partial charge in [-0.15, -0.1) is 11.6 Å². The van der Waals surface area contributed by atoms with Crippen molar-refractivity contribution in [3.63, 3.8) is 0 Å². The molecule has 3 amide bonds. The molecule has 12 nitrogen and oxygen atoms in total. The molecule has 14 heteroatoms. The fraction of sp³-hybridized carbons (Fsp3) is 0.565. The Morgan fingerprint density at radius 2 is 1.32 bits per heavy atom. The zero-order valence-electron chi connectivity index (χ0n) is 23.0. The summed E-state index contributed by atoms with van der Waals surface area (Å²) < 4.78 is 4.97. The number of halogens is 2. The van der Waals surface area contributed by atoms with E-state index in [-0.39, 0.29) is 54.6 Å². The number of Topliss-reactive ketones (excluding diaryl/α,β-unsaturated/α-hetero) is 4. The first kappa shape index (κ1) is 44.1. The number of carbonyl (C=O) groups excluding carboxylic acids is 7. The SMILES string of the molecule is CC.CC(=O)CCl.CC(=O)CN(C=O)C=O.CC(=O)CNC(C)=O.CC(=O)CNCl.Cc1cnc(C)o1. The molecule has 0 bridgehead atoms. The highest BCUT2D eigenvalue weighted by Crippen LogP contribution is 1.97. The number of alkyl halides is 1. The van der Waals surface area contributed by atoms with Crippen LogP contribution < -0.4 is 10.2 Å². The summed E-state index contributed by atoms with van der Waals surface area (Å²) in [5.74, 6) is 1.40. The Morgan fingerprint density at radius 3 is 1.41 bits per heavy atom. The van der Waals surface area contributed by atoms with E-state index in [2.05, 4.69) is 15.1 Å². The second kappa shape index (κ2) is 33.0. The van der Waals surface area contributed by atoms with Crippen LogP contribution in [-0.2, 0) is 33.6 Å². The van der Waals surface area contributed by atoms with Crippen molar-refractivity contribution in [1.82, 2.24) is 20.0 Å². The number of amides is 3. The van der Waals surface area contributed by atoms with E-state index in [0.29, 0.717) is 12.8 Å². The molecule has 0 fully saturated rings. The molecule has 2 N–H and O–H groups in total. The van der Waals surface area contributed by atoms with Gasteiger partial charge in [-0.05, 0) is 46.4 Å². The average Bonchev–Trinajstić information content (AvgIpc) is 3.21. The number of hydrogen-bond acceptors (Lipinski definition) is 10. The molecule has 0 radical (unpaired) electrons. The number of aromatic nitrogens is 1. The molecular weight excluding hydrogens is 531 g/mol. The van der Waals surface area contributed by atoms with E-state index in [1.807, 2.05) is 27.7 Å². The molecule has 0 spiro atoms. The first-order chi connectivity index (χ1) is 17.2. The Morgan fingerprint density at radius 1 is 0.892 bits per heavy atom. The minimum atomic E-state index is -0.214. The lowest BCUT2D eigenvalue weighted by atomic mass is 10.4. The normalized spacial score (nSPS) is 8.08. The van der Waals surface area contributed by atoms with E-state index in [0.717, 1.165) is 16.6 Å². The van der Waals surface area contributed by atoms with Gasteiger partial charge in [-0.25, -0.2) is 9.82 Å². The van der Waals surface area contributed by atoms with Gasteiger partial charge in [-0.3, -0.25) is 38.5 Å². The zero-order valence-corrected chi connectivity index (χ0v) is 24.5. The van der Waals surface area contributed by atoms with Crippen molar-refractivity contribution in [1.29, 1.82) is 0 Å². The molecule has 0 atom stereocenters. The number of imide groups is 1. The van der Waals surface area contributed by atoms with Crippen molar-refractivity contribution in [3.05, 3.63) is 17.8 Å². The summed E-state index contributed by atoms with van der Waals surface area (Å²) in [5.41, 5.74) is 0. The predicted octanol–water partition coefficient (Wildman–Crippen LogP) is 2.35. The number of oxazole rings is 1. The minimum Gasteiger partial charge on any atom is -0.446 e. The Labute approximate surface area is 228 Å². The van der Waals surface area contributed by atoms with Crippen LogP contribution >= 0.6 is 23.4 Å². The van der Waals surface area contributed by atoms with Gasteiger partial charge in [-0.1, -0.05) is 13.8 Å². The second-order valence-corrected chi connectivity index (χ2v) is 7.07. The van der Waals surface area contributed by atoms with Crippen LogP contribution in [0.3, 0.4) is 0 Å². The van der Waals surface area contributed by atoms with Crippen molar-refractivity contribution in [2.75, 3.05) is 25.5 Å². The third-order valence-corrected chi connectivity index (χ3v) is 3.01. The third kappa shape index (κ3) is 55.1. The van der Waals surface area contributed by atoms with Crippen molar-refractivity contribution in [2.45, 2.75) is 62.3 Å². The van der Waals surface area contributed by atoms with Gasteiger partial charge in [0, 0.05) is 13.8 Å². The summed E-state index contributed by atoms with van der Waals surface area (Å²) in [4.78, 5) is 76.4. The third-order valence-electron chi connectivity index (χ3n) is 2.50. The van der Waals surface area contributed by atoms with E-state index in [1.165, 1.54) is 34.6 Å². The maximum atomic E-state index is 10.2. The van der Waals surface area contributed by atoms with E-state index in [9.17, 15) is 33.6 Å². The molecule has 1 aromatic heterocycles. The summed E-state index contributed by atoms with van der Waals surface area (Å²) >= 11 is 9.91. The molecule has 0 saturated carbocycles. The number of nitrogens with one attached hydrogen (secondary N) is 2. The largest absolute Gasteiger partial charge is 0.446 e. The molecule has 0 aliphatic carbocycles. The lowest BCUT2D eigenvalue weighted by Crippen LogP contribution is -2.25. The van der Waals surface area contributed by atoms with Gasteiger partial charge >= 0.3 is 0 Å². The first-order valence-corrected chi connectivity index (χ1v) is 11.7. The number of aryl methyl sites for hydroxylation is 2. The van der Waals surface area contributed by atoms with Crippen LogP contribution in [0.2, 0.25) is 0 Å². The minimum absolute atomic E-state index is 0.0201. The highest BCUT2D eigenvalue weighted by molar-refractivity contribution is 6.27. The van der Waals surface area contributed by atoms with Gasteiger partial charge in [-0.2, -0.15) is 0 Å². The fourth-order valence-corrected chi connectivity index (χ4v) is 1.36. The van der Waals surface area contributed by atoms with E-state index in [1.54, 1.807) is 6.20 Å². The monoisotopic (exact) mass is 570 g/mol. The average molecular weight is 571 g/mol. The summed E-state index contributed by atoms with van der Waals surface area (Å²) in [5, 5.41) is 2.36. The van der Waals surface area contributed by atoms with Crippen LogP contribution in [0, 0.1) is 13.8 Å². The molecular formula is C23H40Cl2N4O8. The summed E-state index contributed by atoms with van der Waals surface area (Å²) in [6.07, 6.45) is 2.33.